The Bertz CT molecular complexity index is 332. The summed E-state index contributed by atoms with van der Waals surface area (Å²) in [6, 6.07) is 2.39. The van der Waals surface area contributed by atoms with E-state index in [9.17, 15) is 8.78 Å². The molecule has 1 atom stereocenters. The van der Waals surface area contributed by atoms with Crippen molar-refractivity contribution in [3.8, 4) is 0 Å². The minimum atomic E-state index is -0.571. The molecule has 1 unspecified atom stereocenters. The van der Waals surface area contributed by atoms with Gasteiger partial charge in [0.1, 0.15) is 11.6 Å². The van der Waals surface area contributed by atoms with Crippen molar-refractivity contribution in [1.82, 2.24) is 0 Å². The van der Waals surface area contributed by atoms with Gasteiger partial charge in [0, 0.05) is 16.6 Å². The predicted octanol–water partition coefficient (Wildman–Crippen LogP) is 4.72. The summed E-state index contributed by atoms with van der Waals surface area (Å²) in [5.74, 6) is -1.13. The second kappa shape index (κ2) is 6.18. The van der Waals surface area contributed by atoms with E-state index in [-0.39, 0.29) is 6.04 Å². The van der Waals surface area contributed by atoms with E-state index in [1.54, 1.807) is 0 Å². The molecule has 1 aromatic rings. The maximum absolute atomic E-state index is 13.5. The summed E-state index contributed by atoms with van der Waals surface area (Å²) in [7, 11) is 0. The molecule has 0 spiro atoms. The summed E-state index contributed by atoms with van der Waals surface area (Å²) >= 11 is 3.16. The van der Waals surface area contributed by atoms with Gasteiger partial charge in [0.15, 0.2) is 0 Å². The predicted molar refractivity (Wildman–Crippen MR) is 66.7 cm³/mol. The molecule has 0 aliphatic heterocycles. The van der Waals surface area contributed by atoms with Gasteiger partial charge in [-0.2, -0.15) is 0 Å². The van der Waals surface area contributed by atoms with Crippen LogP contribution in [0.25, 0.3) is 0 Å². The van der Waals surface area contributed by atoms with Gasteiger partial charge in [-0.15, -0.1) is 0 Å². The fourth-order valence-corrected chi connectivity index (χ4v) is 2.13. The summed E-state index contributed by atoms with van der Waals surface area (Å²) in [4.78, 5) is 0. The molecule has 90 valence electrons. The molecule has 1 rings (SSSR count). The Morgan fingerprint density at radius 3 is 2.50 bits per heavy atom. The fourth-order valence-electron chi connectivity index (χ4n) is 1.61. The van der Waals surface area contributed by atoms with E-state index in [1.807, 2.05) is 6.92 Å². The molecule has 0 heterocycles. The molecule has 0 saturated heterocycles. The SMILES string of the molecule is CCCC(CC)Nc1c(F)cc(F)cc1Br. The first kappa shape index (κ1) is 13.4. The van der Waals surface area contributed by atoms with Crippen molar-refractivity contribution in [2.75, 3.05) is 5.32 Å². The van der Waals surface area contributed by atoms with Crippen LogP contribution in [0.15, 0.2) is 16.6 Å². The first-order chi connectivity index (χ1) is 7.58. The van der Waals surface area contributed by atoms with Crippen LogP contribution in [0.4, 0.5) is 14.5 Å². The summed E-state index contributed by atoms with van der Waals surface area (Å²) in [5, 5.41) is 3.10. The molecule has 0 bridgehead atoms. The Morgan fingerprint density at radius 1 is 1.31 bits per heavy atom. The lowest BCUT2D eigenvalue weighted by Crippen LogP contribution is -2.19. The second-order valence-corrected chi connectivity index (χ2v) is 4.64. The lowest BCUT2D eigenvalue weighted by molar-refractivity contribution is 0.573. The topological polar surface area (TPSA) is 12.0 Å². The highest BCUT2D eigenvalue weighted by Gasteiger charge is 2.13. The molecule has 0 saturated carbocycles. The van der Waals surface area contributed by atoms with Crippen molar-refractivity contribution in [2.45, 2.75) is 39.2 Å². The Labute approximate surface area is 103 Å². The van der Waals surface area contributed by atoms with Gasteiger partial charge in [0.05, 0.1) is 5.69 Å². The Kier molecular flexibility index (Phi) is 5.19. The van der Waals surface area contributed by atoms with Crippen molar-refractivity contribution in [3.05, 3.63) is 28.2 Å². The zero-order chi connectivity index (χ0) is 12.1. The lowest BCUT2D eigenvalue weighted by atomic mass is 10.1. The molecule has 0 aromatic heterocycles. The van der Waals surface area contributed by atoms with Gasteiger partial charge in [0.25, 0.3) is 0 Å². The fraction of sp³-hybridized carbons (Fsp3) is 0.500. The Morgan fingerprint density at radius 2 is 2.00 bits per heavy atom. The van der Waals surface area contributed by atoms with Gasteiger partial charge in [-0.1, -0.05) is 20.3 Å². The van der Waals surface area contributed by atoms with Crippen LogP contribution in [0.5, 0.6) is 0 Å². The summed E-state index contributed by atoms with van der Waals surface area (Å²) in [6.07, 6.45) is 2.92. The van der Waals surface area contributed by atoms with E-state index < -0.39 is 11.6 Å². The first-order valence-corrected chi connectivity index (χ1v) is 6.28. The Hall–Kier alpha value is -0.640. The molecule has 0 fully saturated rings. The van der Waals surface area contributed by atoms with Crippen molar-refractivity contribution >= 4 is 21.6 Å². The van der Waals surface area contributed by atoms with E-state index in [1.165, 1.54) is 6.07 Å². The quantitative estimate of drug-likeness (QED) is 0.828. The third kappa shape index (κ3) is 3.44. The van der Waals surface area contributed by atoms with Crippen molar-refractivity contribution in [2.24, 2.45) is 0 Å². The zero-order valence-corrected chi connectivity index (χ0v) is 11.1. The maximum Gasteiger partial charge on any atom is 0.150 e. The number of nitrogens with one attached hydrogen (secondary N) is 1. The molecule has 0 amide bonds. The number of rotatable bonds is 5. The number of halogens is 3. The maximum atomic E-state index is 13.5. The standard InChI is InChI=1S/C12H16BrF2N/c1-3-5-9(4-2)16-12-10(13)6-8(14)7-11(12)15/h6-7,9,16H,3-5H2,1-2H3. The summed E-state index contributed by atoms with van der Waals surface area (Å²) in [5.41, 5.74) is 0.349. The van der Waals surface area contributed by atoms with E-state index in [2.05, 4.69) is 28.2 Å². The van der Waals surface area contributed by atoms with E-state index in [0.29, 0.717) is 10.2 Å². The normalized spacial score (nSPS) is 12.6. The lowest BCUT2D eigenvalue weighted by Gasteiger charge is -2.19. The molecular formula is C12H16BrF2N. The highest BCUT2D eigenvalue weighted by molar-refractivity contribution is 9.10. The van der Waals surface area contributed by atoms with Gasteiger partial charge in [0.2, 0.25) is 0 Å². The number of hydrogen-bond acceptors (Lipinski definition) is 1. The number of hydrogen-bond donors (Lipinski definition) is 1. The van der Waals surface area contributed by atoms with Gasteiger partial charge >= 0.3 is 0 Å². The minimum Gasteiger partial charge on any atom is -0.379 e. The average molecular weight is 292 g/mol. The van der Waals surface area contributed by atoms with Gasteiger partial charge in [-0.3, -0.25) is 0 Å². The third-order valence-electron chi connectivity index (χ3n) is 2.49. The highest BCUT2D eigenvalue weighted by Crippen LogP contribution is 2.28. The van der Waals surface area contributed by atoms with Gasteiger partial charge in [-0.05, 0) is 34.8 Å². The van der Waals surface area contributed by atoms with Crippen LogP contribution < -0.4 is 5.32 Å². The summed E-state index contributed by atoms with van der Waals surface area (Å²) < 4.78 is 26.8. The second-order valence-electron chi connectivity index (χ2n) is 3.78. The summed E-state index contributed by atoms with van der Waals surface area (Å²) in [6.45, 7) is 4.13. The molecule has 1 nitrogen and oxygen atoms in total. The minimum absolute atomic E-state index is 0.223. The smallest absolute Gasteiger partial charge is 0.150 e. The van der Waals surface area contributed by atoms with E-state index in [4.69, 9.17) is 0 Å². The third-order valence-corrected chi connectivity index (χ3v) is 3.11. The van der Waals surface area contributed by atoms with Crippen molar-refractivity contribution in [3.63, 3.8) is 0 Å². The van der Waals surface area contributed by atoms with Crippen molar-refractivity contribution < 1.29 is 8.78 Å². The average Bonchev–Trinajstić information content (AvgIpc) is 2.21. The molecule has 0 aliphatic rings. The zero-order valence-electron chi connectivity index (χ0n) is 9.49. The highest BCUT2D eigenvalue weighted by atomic mass is 79.9. The first-order valence-electron chi connectivity index (χ1n) is 5.49. The van der Waals surface area contributed by atoms with Crippen LogP contribution in [-0.4, -0.2) is 6.04 Å². The molecule has 4 heteroatoms. The number of benzene rings is 1. The van der Waals surface area contributed by atoms with E-state index >= 15 is 0 Å². The number of anilines is 1. The molecule has 0 aliphatic carbocycles. The van der Waals surface area contributed by atoms with Crippen molar-refractivity contribution in [1.29, 1.82) is 0 Å². The molecular weight excluding hydrogens is 276 g/mol. The van der Waals surface area contributed by atoms with Crippen LogP contribution in [0.2, 0.25) is 0 Å². The van der Waals surface area contributed by atoms with Crippen LogP contribution in [0, 0.1) is 11.6 Å². The molecule has 1 aromatic carbocycles. The van der Waals surface area contributed by atoms with Crippen LogP contribution in [0.3, 0.4) is 0 Å². The van der Waals surface area contributed by atoms with Crippen LogP contribution in [-0.2, 0) is 0 Å². The van der Waals surface area contributed by atoms with Crippen LogP contribution >= 0.6 is 15.9 Å². The molecule has 16 heavy (non-hydrogen) atoms. The van der Waals surface area contributed by atoms with Gasteiger partial charge < -0.3 is 5.32 Å². The molecule has 0 radical (unpaired) electrons. The van der Waals surface area contributed by atoms with Crippen LogP contribution in [0.1, 0.15) is 33.1 Å². The largest absolute Gasteiger partial charge is 0.379 e. The molecule has 1 N–H and O–H groups in total. The van der Waals surface area contributed by atoms with E-state index in [0.717, 1.165) is 25.3 Å². The van der Waals surface area contributed by atoms with Gasteiger partial charge in [-0.25, -0.2) is 8.78 Å². The Balaban J connectivity index is 2.87. The monoisotopic (exact) mass is 291 g/mol.